The minimum atomic E-state index is -0.247. The topological polar surface area (TPSA) is 82.2 Å². The third-order valence-corrected chi connectivity index (χ3v) is 6.13. The van der Waals surface area contributed by atoms with E-state index in [1.807, 2.05) is 29.2 Å². The fraction of sp³-hybridized carbons (Fsp3) is 0.609. The predicted octanol–water partition coefficient (Wildman–Crippen LogP) is 0.675. The van der Waals surface area contributed by atoms with Crippen LogP contribution in [0.5, 0.6) is 0 Å². The molecular formula is C23H34N4O4. The molecule has 31 heavy (non-hydrogen) atoms. The van der Waals surface area contributed by atoms with Gasteiger partial charge in [0.05, 0.1) is 19.1 Å². The molecule has 3 rings (SSSR count). The van der Waals surface area contributed by atoms with Crippen LogP contribution < -0.4 is 5.32 Å². The molecule has 1 N–H and O–H groups in total. The normalized spacial score (nSPS) is 21.7. The maximum absolute atomic E-state index is 12.9. The van der Waals surface area contributed by atoms with Gasteiger partial charge in [0.15, 0.2) is 0 Å². The number of hydrogen-bond acceptors (Lipinski definition) is 5. The van der Waals surface area contributed by atoms with Gasteiger partial charge in [-0.05, 0) is 11.1 Å². The number of morpholine rings is 1. The maximum atomic E-state index is 12.9. The Morgan fingerprint density at radius 1 is 1.10 bits per heavy atom. The summed E-state index contributed by atoms with van der Waals surface area (Å²) in [4.78, 5) is 42.6. The molecule has 0 aliphatic carbocycles. The van der Waals surface area contributed by atoms with Gasteiger partial charge in [0.1, 0.15) is 0 Å². The minimum Gasteiger partial charge on any atom is -0.379 e. The summed E-state index contributed by atoms with van der Waals surface area (Å²) in [6.07, 6.45) is 0.464. The van der Waals surface area contributed by atoms with Gasteiger partial charge in [-0.1, -0.05) is 24.3 Å². The van der Waals surface area contributed by atoms with E-state index in [0.29, 0.717) is 26.1 Å². The molecule has 1 aromatic carbocycles. The molecule has 170 valence electrons. The summed E-state index contributed by atoms with van der Waals surface area (Å²) in [5, 5.41) is 2.79. The second-order valence-electron chi connectivity index (χ2n) is 8.60. The van der Waals surface area contributed by atoms with E-state index < -0.39 is 0 Å². The Morgan fingerprint density at radius 3 is 2.39 bits per heavy atom. The van der Waals surface area contributed by atoms with Gasteiger partial charge in [-0.2, -0.15) is 0 Å². The Morgan fingerprint density at radius 2 is 1.77 bits per heavy atom. The predicted molar refractivity (Wildman–Crippen MR) is 117 cm³/mol. The zero-order chi connectivity index (χ0) is 22.4. The van der Waals surface area contributed by atoms with E-state index in [4.69, 9.17) is 4.74 Å². The van der Waals surface area contributed by atoms with Gasteiger partial charge in [-0.25, -0.2) is 0 Å². The van der Waals surface area contributed by atoms with Gasteiger partial charge >= 0.3 is 0 Å². The van der Waals surface area contributed by atoms with Crippen LogP contribution in [0.4, 0.5) is 0 Å². The smallest absolute Gasteiger partial charge is 0.227 e. The number of nitrogens with zero attached hydrogens (tertiary/aromatic N) is 3. The number of likely N-dealkylation sites (tertiary alicyclic amines) is 1. The molecule has 0 radical (unpaired) electrons. The molecule has 8 nitrogen and oxygen atoms in total. The molecule has 0 saturated carbocycles. The van der Waals surface area contributed by atoms with Crippen molar-refractivity contribution in [3.63, 3.8) is 0 Å². The number of benzene rings is 1. The number of rotatable bonds is 7. The third kappa shape index (κ3) is 6.27. The lowest BCUT2D eigenvalue weighted by Gasteiger charge is -2.27. The highest BCUT2D eigenvalue weighted by molar-refractivity contribution is 5.83. The number of hydrogen-bond donors (Lipinski definition) is 1. The summed E-state index contributed by atoms with van der Waals surface area (Å²) >= 11 is 0. The Bertz CT molecular complexity index is 774. The van der Waals surface area contributed by atoms with Gasteiger partial charge in [-0.3, -0.25) is 19.3 Å². The highest BCUT2D eigenvalue weighted by Gasteiger charge is 2.40. The molecule has 8 heteroatoms. The Kier molecular flexibility index (Phi) is 8.03. The third-order valence-electron chi connectivity index (χ3n) is 6.13. The number of amides is 3. The number of nitrogens with one attached hydrogen (secondary N) is 1. The fourth-order valence-electron chi connectivity index (χ4n) is 4.27. The zero-order valence-corrected chi connectivity index (χ0v) is 18.8. The van der Waals surface area contributed by atoms with E-state index in [1.54, 1.807) is 19.0 Å². The van der Waals surface area contributed by atoms with E-state index >= 15 is 0 Å². The van der Waals surface area contributed by atoms with Crippen LogP contribution in [0.3, 0.4) is 0 Å². The molecule has 0 unspecified atom stereocenters. The molecule has 0 bridgehead atoms. The second kappa shape index (κ2) is 10.7. The van der Waals surface area contributed by atoms with E-state index in [9.17, 15) is 14.4 Å². The number of carbonyl (C=O) groups is 3. The Hall–Kier alpha value is -2.45. The van der Waals surface area contributed by atoms with Crippen molar-refractivity contribution >= 4 is 17.7 Å². The first-order chi connectivity index (χ1) is 14.8. The van der Waals surface area contributed by atoms with Gasteiger partial charge in [0.2, 0.25) is 17.7 Å². The number of carbonyl (C=O) groups excluding carboxylic acids is 3. The van der Waals surface area contributed by atoms with Crippen molar-refractivity contribution in [3.8, 4) is 0 Å². The van der Waals surface area contributed by atoms with Crippen LogP contribution in [-0.2, 0) is 25.7 Å². The lowest BCUT2D eigenvalue weighted by molar-refractivity contribution is -0.134. The molecule has 2 aliphatic heterocycles. The summed E-state index contributed by atoms with van der Waals surface area (Å²) in [5.41, 5.74) is 2.06. The van der Waals surface area contributed by atoms with Gasteiger partial charge < -0.3 is 19.9 Å². The quantitative estimate of drug-likeness (QED) is 0.688. The van der Waals surface area contributed by atoms with Gasteiger partial charge in [0.25, 0.3) is 0 Å². The summed E-state index contributed by atoms with van der Waals surface area (Å²) in [5.74, 6) is -0.188. The largest absolute Gasteiger partial charge is 0.379 e. The average molecular weight is 431 g/mol. The van der Waals surface area contributed by atoms with Crippen molar-refractivity contribution in [3.05, 3.63) is 35.4 Å². The first kappa shape index (κ1) is 23.2. The van der Waals surface area contributed by atoms with E-state index in [0.717, 1.165) is 44.0 Å². The molecule has 2 aliphatic rings. The molecule has 0 spiro atoms. The molecule has 1 aromatic rings. The minimum absolute atomic E-state index is 0.0305. The maximum Gasteiger partial charge on any atom is 0.227 e. The summed E-state index contributed by atoms with van der Waals surface area (Å²) in [6.45, 7) is 6.88. The molecule has 2 atom stereocenters. The van der Waals surface area contributed by atoms with Crippen molar-refractivity contribution in [1.82, 2.24) is 20.0 Å². The van der Waals surface area contributed by atoms with E-state index in [-0.39, 0.29) is 29.6 Å². The summed E-state index contributed by atoms with van der Waals surface area (Å²) in [6, 6.07) is 7.98. The van der Waals surface area contributed by atoms with Crippen molar-refractivity contribution in [2.75, 3.05) is 60.0 Å². The van der Waals surface area contributed by atoms with Crippen molar-refractivity contribution < 1.29 is 19.1 Å². The SMILES string of the molecule is CC(=O)NCc1ccc([C@H]2CN(C(=O)CCN3CCOCC3)C[C@@H]2C(=O)N(C)C)cc1. The lowest BCUT2D eigenvalue weighted by Crippen LogP contribution is -2.39. The van der Waals surface area contributed by atoms with Crippen LogP contribution in [0.15, 0.2) is 24.3 Å². The van der Waals surface area contributed by atoms with Crippen LogP contribution in [0.25, 0.3) is 0 Å². The first-order valence-electron chi connectivity index (χ1n) is 11.0. The summed E-state index contributed by atoms with van der Waals surface area (Å²) in [7, 11) is 3.53. The van der Waals surface area contributed by atoms with Gasteiger partial charge in [-0.15, -0.1) is 0 Å². The van der Waals surface area contributed by atoms with E-state index in [2.05, 4.69) is 10.2 Å². The van der Waals surface area contributed by atoms with Crippen LogP contribution in [0.1, 0.15) is 30.4 Å². The molecule has 2 fully saturated rings. The second-order valence-corrected chi connectivity index (χ2v) is 8.60. The molecule has 0 aromatic heterocycles. The molecule has 3 amide bonds. The van der Waals surface area contributed by atoms with E-state index in [1.165, 1.54) is 6.92 Å². The van der Waals surface area contributed by atoms with Crippen molar-refractivity contribution in [1.29, 1.82) is 0 Å². The highest BCUT2D eigenvalue weighted by Crippen LogP contribution is 2.34. The van der Waals surface area contributed by atoms with Crippen LogP contribution in [0.2, 0.25) is 0 Å². The Balaban J connectivity index is 1.66. The van der Waals surface area contributed by atoms with Crippen LogP contribution >= 0.6 is 0 Å². The fourth-order valence-corrected chi connectivity index (χ4v) is 4.27. The van der Waals surface area contributed by atoms with Crippen molar-refractivity contribution in [2.45, 2.75) is 25.8 Å². The highest BCUT2D eigenvalue weighted by atomic mass is 16.5. The Labute approximate surface area is 184 Å². The monoisotopic (exact) mass is 430 g/mol. The van der Waals surface area contributed by atoms with Crippen LogP contribution in [0, 0.1) is 5.92 Å². The molecule has 2 saturated heterocycles. The summed E-state index contributed by atoms with van der Waals surface area (Å²) < 4.78 is 5.37. The average Bonchev–Trinajstić information content (AvgIpc) is 3.22. The first-order valence-corrected chi connectivity index (χ1v) is 11.0. The zero-order valence-electron chi connectivity index (χ0n) is 18.8. The van der Waals surface area contributed by atoms with Crippen molar-refractivity contribution in [2.24, 2.45) is 5.92 Å². The van der Waals surface area contributed by atoms with Gasteiger partial charge in [0, 0.05) is 72.6 Å². The van der Waals surface area contributed by atoms with Crippen LogP contribution in [-0.4, -0.2) is 92.5 Å². The lowest BCUT2D eigenvalue weighted by atomic mass is 9.87. The number of ether oxygens (including phenoxy) is 1. The molecule has 2 heterocycles. The molecular weight excluding hydrogens is 396 g/mol. The standard InChI is InChI=1S/C23H34N4O4/c1-17(28)24-14-18-4-6-19(7-5-18)20-15-27(16-21(20)23(30)25(2)3)22(29)8-9-26-10-12-31-13-11-26/h4-7,20-21H,8-16H2,1-3H3,(H,24,28)/t20-,21+/m1/s1.